The van der Waals surface area contributed by atoms with E-state index in [9.17, 15) is 9.59 Å². The van der Waals surface area contributed by atoms with Crippen molar-refractivity contribution in [3.8, 4) is 0 Å². The summed E-state index contributed by atoms with van der Waals surface area (Å²) in [5.41, 5.74) is -0.407. The maximum absolute atomic E-state index is 12.5. The number of rotatable bonds is 4. The van der Waals surface area contributed by atoms with Gasteiger partial charge in [-0.25, -0.2) is 9.97 Å². The van der Waals surface area contributed by atoms with Gasteiger partial charge in [-0.1, -0.05) is 44.1 Å². The Balaban J connectivity index is 2.11. The van der Waals surface area contributed by atoms with Gasteiger partial charge in [-0.05, 0) is 6.92 Å². The van der Waals surface area contributed by atoms with Crippen molar-refractivity contribution in [1.29, 1.82) is 0 Å². The third-order valence-corrected chi connectivity index (χ3v) is 4.87. The number of hydrogen-bond acceptors (Lipinski definition) is 6. The summed E-state index contributed by atoms with van der Waals surface area (Å²) < 4.78 is 0. The summed E-state index contributed by atoms with van der Waals surface area (Å²) in [7, 11) is 0. The molecule has 0 radical (unpaired) electrons. The minimum absolute atomic E-state index is 0.0457. The van der Waals surface area contributed by atoms with Crippen molar-refractivity contribution in [2.45, 2.75) is 38.9 Å². The number of amides is 1. The molecule has 1 N–H and O–H groups in total. The Morgan fingerprint density at radius 2 is 2.04 bits per heavy atom. The van der Waals surface area contributed by atoms with Gasteiger partial charge in [-0.2, -0.15) is 0 Å². The molecule has 1 atom stereocenters. The number of hydrogen-bond donors (Lipinski definition) is 1. The number of piperazine rings is 1. The number of carbonyl (C=O) groups is 2. The number of halogens is 1. The molecule has 0 aromatic carbocycles. The van der Waals surface area contributed by atoms with Crippen molar-refractivity contribution >= 4 is 41.1 Å². The molecule has 7 nitrogen and oxygen atoms in total. The third-order valence-electron chi connectivity index (χ3n) is 3.84. The fourth-order valence-electron chi connectivity index (χ4n) is 2.64. The first-order chi connectivity index (χ1) is 11.6. The molecule has 25 heavy (non-hydrogen) atoms. The summed E-state index contributed by atoms with van der Waals surface area (Å²) >= 11 is 7.09. The van der Waals surface area contributed by atoms with Crippen LogP contribution in [0.2, 0.25) is 5.15 Å². The van der Waals surface area contributed by atoms with E-state index in [1.165, 1.54) is 0 Å². The largest absolute Gasteiger partial charge is 0.481 e. The van der Waals surface area contributed by atoms with Crippen LogP contribution >= 0.6 is 23.4 Å². The second-order valence-electron chi connectivity index (χ2n) is 7.06. The molecule has 1 amide bonds. The van der Waals surface area contributed by atoms with Gasteiger partial charge in [0.15, 0.2) is 5.16 Å². The molecule has 1 aliphatic heterocycles. The van der Waals surface area contributed by atoms with Gasteiger partial charge >= 0.3 is 5.97 Å². The molecule has 0 saturated carbocycles. The summed E-state index contributed by atoms with van der Waals surface area (Å²) in [6.45, 7) is 9.66. The number of carbonyl (C=O) groups excluding carboxylic acids is 1. The van der Waals surface area contributed by atoms with Crippen LogP contribution in [0.15, 0.2) is 11.2 Å². The first-order valence-electron chi connectivity index (χ1n) is 8.03. The van der Waals surface area contributed by atoms with Gasteiger partial charge in [0, 0.05) is 37.2 Å². The number of carboxylic acid groups (broad SMARTS) is 1. The van der Waals surface area contributed by atoms with E-state index in [-0.39, 0.29) is 22.9 Å². The number of nitrogens with zero attached hydrogens (tertiary/aromatic N) is 4. The van der Waals surface area contributed by atoms with Crippen molar-refractivity contribution in [2.24, 2.45) is 5.41 Å². The van der Waals surface area contributed by atoms with Crippen LogP contribution in [-0.4, -0.2) is 63.3 Å². The van der Waals surface area contributed by atoms with Crippen LogP contribution < -0.4 is 4.90 Å². The molecule has 2 heterocycles. The standard InChI is InChI=1S/C16H23ClN4O3S/c1-10-8-20(5-6-21(10)14(24)16(2,3)4)12-7-11(17)18-15(19-12)25-9-13(22)23/h7,10H,5-6,8-9H2,1-4H3,(H,22,23)/t10-/m0/s1. The first-order valence-corrected chi connectivity index (χ1v) is 9.39. The Hall–Kier alpha value is -1.54. The lowest BCUT2D eigenvalue weighted by atomic mass is 9.93. The highest BCUT2D eigenvalue weighted by Gasteiger charge is 2.34. The third kappa shape index (κ3) is 5.22. The van der Waals surface area contributed by atoms with E-state index in [2.05, 4.69) is 14.9 Å². The average Bonchev–Trinajstić information content (AvgIpc) is 2.50. The van der Waals surface area contributed by atoms with Gasteiger partial charge in [0.05, 0.1) is 5.75 Å². The Morgan fingerprint density at radius 1 is 1.36 bits per heavy atom. The highest BCUT2D eigenvalue weighted by Crippen LogP contribution is 2.26. The lowest BCUT2D eigenvalue weighted by molar-refractivity contribution is -0.142. The van der Waals surface area contributed by atoms with Gasteiger partial charge < -0.3 is 14.9 Å². The van der Waals surface area contributed by atoms with Crippen LogP contribution in [0.4, 0.5) is 5.82 Å². The molecular formula is C16H23ClN4O3S. The molecule has 0 unspecified atom stereocenters. The van der Waals surface area contributed by atoms with E-state index in [0.717, 1.165) is 11.8 Å². The summed E-state index contributed by atoms with van der Waals surface area (Å²) in [6.07, 6.45) is 0. The Morgan fingerprint density at radius 3 is 2.60 bits per heavy atom. The fourth-order valence-corrected chi connectivity index (χ4v) is 3.44. The van der Waals surface area contributed by atoms with E-state index >= 15 is 0 Å². The fraction of sp³-hybridized carbons (Fsp3) is 0.625. The van der Waals surface area contributed by atoms with Crippen LogP contribution in [-0.2, 0) is 9.59 Å². The smallest absolute Gasteiger partial charge is 0.313 e. The molecule has 1 aliphatic rings. The monoisotopic (exact) mass is 386 g/mol. The highest BCUT2D eigenvalue weighted by atomic mass is 35.5. The zero-order chi connectivity index (χ0) is 18.8. The van der Waals surface area contributed by atoms with Crippen molar-refractivity contribution in [3.05, 3.63) is 11.2 Å². The van der Waals surface area contributed by atoms with Crippen LogP contribution in [0.25, 0.3) is 0 Å². The second kappa shape index (κ2) is 7.78. The first kappa shape index (κ1) is 19.8. The summed E-state index contributed by atoms with van der Waals surface area (Å²) in [4.78, 5) is 35.7. The molecule has 0 bridgehead atoms. The van der Waals surface area contributed by atoms with Crippen LogP contribution in [0.1, 0.15) is 27.7 Å². The lowest BCUT2D eigenvalue weighted by Gasteiger charge is -2.42. The van der Waals surface area contributed by atoms with Gasteiger partial charge in [0.1, 0.15) is 11.0 Å². The van der Waals surface area contributed by atoms with Crippen LogP contribution in [0, 0.1) is 5.41 Å². The predicted octanol–water partition coefficient (Wildman–Crippen LogP) is 2.39. The molecule has 1 fully saturated rings. The number of thioether (sulfide) groups is 1. The van der Waals surface area contributed by atoms with Crippen molar-refractivity contribution in [3.63, 3.8) is 0 Å². The quantitative estimate of drug-likeness (QED) is 0.483. The lowest BCUT2D eigenvalue weighted by Crippen LogP contribution is -2.56. The van der Waals surface area contributed by atoms with Crippen molar-refractivity contribution < 1.29 is 14.7 Å². The van der Waals surface area contributed by atoms with E-state index in [1.807, 2.05) is 32.6 Å². The van der Waals surface area contributed by atoms with Gasteiger partial charge in [0.25, 0.3) is 0 Å². The molecule has 1 saturated heterocycles. The summed E-state index contributed by atoms with van der Waals surface area (Å²) in [6, 6.07) is 1.71. The topological polar surface area (TPSA) is 86.6 Å². The maximum Gasteiger partial charge on any atom is 0.313 e. The zero-order valence-electron chi connectivity index (χ0n) is 14.8. The molecular weight excluding hydrogens is 364 g/mol. The SMILES string of the molecule is C[C@H]1CN(c2cc(Cl)nc(SCC(=O)O)n2)CCN1C(=O)C(C)(C)C. The Labute approximate surface area is 156 Å². The van der Waals surface area contributed by atoms with E-state index in [1.54, 1.807) is 6.07 Å². The number of anilines is 1. The summed E-state index contributed by atoms with van der Waals surface area (Å²) in [5, 5.41) is 9.40. The number of aromatic nitrogens is 2. The molecule has 1 aromatic rings. The van der Waals surface area contributed by atoms with Gasteiger partial charge in [-0.3, -0.25) is 9.59 Å². The maximum atomic E-state index is 12.5. The van der Waals surface area contributed by atoms with Crippen molar-refractivity contribution in [2.75, 3.05) is 30.3 Å². The van der Waals surface area contributed by atoms with Crippen LogP contribution in [0.5, 0.6) is 0 Å². The normalized spacial score (nSPS) is 18.4. The highest BCUT2D eigenvalue weighted by molar-refractivity contribution is 7.99. The Kier molecular flexibility index (Phi) is 6.16. The van der Waals surface area contributed by atoms with E-state index in [4.69, 9.17) is 16.7 Å². The molecule has 138 valence electrons. The summed E-state index contributed by atoms with van der Waals surface area (Å²) in [5.74, 6) is -0.261. The Bertz CT molecular complexity index is 665. The molecule has 0 spiro atoms. The molecule has 2 rings (SSSR count). The van der Waals surface area contributed by atoms with Gasteiger partial charge in [-0.15, -0.1) is 0 Å². The molecule has 9 heteroatoms. The van der Waals surface area contributed by atoms with E-state index in [0.29, 0.717) is 30.6 Å². The predicted molar refractivity (Wildman–Crippen MR) is 98.2 cm³/mol. The molecule has 0 aliphatic carbocycles. The number of aliphatic carboxylic acids is 1. The molecule has 1 aromatic heterocycles. The second-order valence-corrected chi connectivity index (χ2v) is 8.39. The minimum atomic E-state index is -0.932. The van der Waals surface area contributed by atoms with E-state index < -0.39 is 11.4 Å². The zero-order valence-corrected chi connectivity index (χ0v) is 16.4. The average molecular weight is 387 g/mol. The van der Waals surface area contributed by atoms with Crippen LogP contribution in [0.3, 0.4) is 0 Å². The van der Waals surface area contributed by atoms with Gasteiger partial charge in [0.2, 0.25) is 5.91 Å². The van der Waals surface area contributed by atoms with Crippen molar-refractivity contribution in [1.82, 2.24) is 14.9 Å². The minimum Gasteiger partial charge on any atom is -0.481 e. The number of carboxylic acids is 1.